The molecule has 0 aromatic heterocycles. The van der Waals surface area contributed by atoms with E-state index in [-0.39, 0.29) is 40.8 Å². The van der Waals surface area contributed by atoms with Crippen molar-refractivity contribution in [1.82, 2.24) is 0 Å². The quantitative estimate of drug-likeness (QED) is 0.671. The number of carboxylic acids is 1. The summed E-state index contributed by atoms with van der Waals surface area (Å²) >= 11 is 0. The van der Waals surface area contributed by atoms with Gasteiger partial charge in [-0.3, -0.25) is 4.79 Å². The van der Waals surface area contributed by atoms with Crippen LogP contribution in [0.5, 0.6) is 0 Å². The van der Waals surface area contributed by atoms with Crippen LogP contribution in [0.2, 0.25) is 0 Å². The fourth-order valence-electron chi connectivity index (χ4n) is 0.953. The van der Waals surface area contributed by atoms with Gasteiger partial charge in [0.25, 0.3) is 0 Å². The van der Waals surface area contributed by atoms with E-state index in [0.717, 1.165) is 25.7 Å². The molecule has 0 aromatic carbocycles. The number of carboxylic acid groups (broad SMARTS) is 1. The maximum atomic E-state index is 10.4. The number of unbranched alkanes of at least 4 members (excludes halogenated alkanes) is 1. The Morgan fingerprint density at radius 2 is 1.77 bits per heavy atom. The van der Waals surface area contributed by atoms with Gasteiger partial charge in [-0.15, -0.1) is 0 Å². The van der Waals surface area contributed by atoms with Crippen LogP contribution in [0, 0.1) is 5.92 Å². The van der Waals surface area contributed by atoms with Crippen LogP contribution in [0.15, 0.2) is 0 Å². The van der Waals surface area contributed by atoms with Crippen molar-refractivity contribution in [1.29, 1.82) is 0 Å². The van der Waals surface area contributed by atoms with Crippen LogP contribution in [0.1, 0.15) is 39.5 Å². The molecule has 0 aliphatic heterocycles. The molecule has 0 rings (SSSR count). The molecular weight excluding hydrogens is 279 g/mol. The molecule has 84 valence electrons. The van der Waals surface area contributed by atoms with Gasteiger partial charge in [-0.25, -0.2) is 0 Å². The molecule has 1 unspecified atom stereocenters. The van der Waals surface area contributed by atoms with Gasteiger partial charge in [0.05, 0.1) is 5.92 Å². The fourth-order valence-corrected chi connectivity index (χ4v) is 0.953. The van der Waals surface area contributed by atoms with Crippen molar-refractivity contribution in [2.75, 3.05) is 0 Å². The number of rotatable bonds is 5. The standard InChI is InChI=1S/C8H16O2.2H2O.Sn.4H/c1-3-5-6-7(4-2)8(9)10;;;;;;;/h7H,3-6H2,1-2H3,(H,9,10);2*1H2;;;;;. The minimum absolute atomic E-state index is 0. The van der Waals surface area contributed by atoms with Crippen molar-refractivity contribution in [3.8, 4) is 0 Å². The Morgan fingerprint density at radius 3 is 2.00 bits per heavy atom. The molecule has 0 saturated heterocycles. The van der Waals surface area contributed by atoms with Crippen LogP contribution in [-0.2, 0) is 4.79 Å². The Kier molecular flexibility index (Phi) is 26.2. The molecule has 4 nitrogen and oxygen atoms in total. The first-order chi connectivity index (χ1) is 4.72. The molecule has 0 saturated carbocycles. The van der Waals surface area contributed by atoms with E-state index in [9.17, 15) is 4.79 Å². The Balaban J connectivity index is -0.000000135. The van der Waals surface area contributed by atoms with Gasteiger partial charge < -0.3 is 16.1 Å². The molecule has 0 aromatic rings. The van der Waals surface area contributed by atoms with Crippen molar-refractivity contribution in [2.24, 2.45) is 5.92 Å². The average Bonchev–Trinajstić information content (AvgIpc) is 1.89. The van der Waals surface area contributed by atoms with Crippen molar-refractivity contribution in [3.63, 3.8) is 0 Å². The molecule has 0 radical (unpaired) electrons. The van der Waals surface area contributed by atoms with Gasteiger partial charge in [0.1, 0.15) is 0 Å². The Bertz CT molecular complexity index is 108. The predicted octanol–water partition coefficient (Wildman–Crippen LogP) is -0.814. The molecular formula is C8H24O4Sn. The summed E-state index contributed by atoms with van der Waals surface area (Å²) in [5.74, 6) is -0.754. The van der Waals surface area contributed by atoms with Crippen LogP contribution in [0.3, 0.4) is 0 Å². The first-order valence-corrected chi connectivity index (χ1v) is 3.95. The molecule has 0 aliphatic rings. The summed E-state index contributed by atoms with van der Waals surface area (Å²) in [6.45, 7) is 4.00. The van der Waals surface area contributed by atoms with E-state index in [1.54, 1.807) is 0 Å². The zero-order valence-corrected chi connectivity index (χ0v) is 7.76. The second-order valence-corrected chi connectivity index (χ2v) is 2.59. The first kappa shape index (κ1) is 23.2. The molecule has 5 N–H and O–H groups in total. The van der Waals surface area contributed by atoms with Crippen LogP contribution >= 0.6 is 0 Å². The number of hydrogen-bond acceptors (Lipinski definition) is 1. The second-order valence-electron chi connectivity index (χ2n) is 2.59. The Morgan fingerprint density at radius 1 is 1.31 bits per heavy atom. The summed E-state index contributed by atoms with van der Waals surface area (Å²) < 4.78 is 0. The summed E-state index contributed by atoms with van der Waals surface area (Å²) in [7, 11) is 0. The maximum absolute atomic E-state index is 10.4. The van der Waals surface area contributed by atoms with Gasteiger partial charge in [-0.2, -0.15) is 0 Å². The molecule has 0 amide bonds. The molecule has 0 heterocycles. The molecule has 5 heteroatoms. The summed E-state index contributed by atoms with van der Waals surface area (Å²) in [6.07, 6.45) is 3.71. The third-order valence-electron chi connectivity index (χ3n) is 1.75. The second kappa shape index (κ2) is 14.7. The van der Waals surface area contributed by atoms with Gasteiger partial charge >= 0.3 is 29.9 Å². The van der Waals surface area contributed by atoms with Crippen LogP contribution < -0.4 is 0 Å². The van der Waals surface area contributed by atoms with Gasteiger partial charge in [-0.05, 0) is 12.8 Å². The molecule has 0 spiro atoms. The van der Waals surface area contributed by atoms with Crippen LogP contribution in [-0.4, -0.2) is 45.9 Å². The molecule has 0 bridgehead atoms. The van der Waals surface area contributed by atoms with E-state index in [0.29, 0.717) is 0 Å². The van der Waals surface area contributed by atoms with Crippen LogP contribution in [0.25, 0.3) is 0 Å². The normalized spacial score (nSPS) is 10.0. The SMILES string of the molecule is CCCCC(CC)C(=O)O.O.O.[SnH4]. The van der Waals surface area contributed by atoms with E-state index < -0.39 is 5.97 Å². The van der Waals surface area contributed by atoms with Gasteiger partial charge in [0.2, 0.25) is 0 Å². The molecule has 0 fully saturated rings. The number of aliphatic carboxylic acids is 1. The van der Waals surface area contributed by atoms with Gasteiger partial charge in [-0.1, -0.05) is 26.7 Å². The van der Waals surface area contributed by atoms with E-state index in [4.69, 9.17) is 5.11 Å². The van der Waals surface area contributed by atoms with Crippen molar-refractivity contribution >= 4 is 29.9 Å². The van der Waals surface area contributed by atoms with E-state index in [1.165, 1.54) is 0 Å². The van der Waals surface area contributed by atoms with E-state index >= 15 is 0 Å². The van der Waals surface area contributed by atoms with Gasteiger partial charge in [0.15, 0.2) is 0 Å². The monoisotopic (exact) mass is 304 g/mol. The molecule has 0 aliphatic carbocycles. The third-order valence-corrected chi connectivity index (χ3v) is 1.75. The zero-order valence-electron chi connectivity index (χ0n) is 7.76. The molecule has 1 atom stereocenters. The van der Waals surface area contributed by atoms with Crippen molar-refractivity contribution < 1.29 is 20.9 Å². The Hall–Kier alpha value is 0.189. The predicted molar refractivity (Wildman–Crippen MR) is 59.5 cm³/mol. The van der Waals surface area contributed by atoms with Crippen LogP contribution in [0.4, 0.5) is 0 Å². The van der Waals surface area contributed by atoms with Crippen molar-refractivity contribution in [3.05, 3.63) is 0 Å². The first-order valence-electron chi connectivity index (χ1n) is 3.95. The number of carbonyl (C=O) groups is 1. The summed E-state index contributed by atoms with van der Waals surface area (Å²) in [5.41, 5.74) is 0. The third kappa shape index (κ3) is 12.2. The van der Waals surface area contributed by atoms with E-state index in [2.05, 4.69) is 6.92 Å². The summed E-state index contributed by atoms with van der Waals surface area (Å²) in [4.78, 5) is 10.4. The average molecular weight is 303 g/mol. The summed E-state index contributed by atoms with van der Waals surface area (Å²) in [5, 5.41) is 8.60. The van der Waals surface area contributed by atoms with E-state index in [1.807, 2.05) is 6.92 Å². The summed E-state index contributed by atoms with van der Waals surface area (Å²) in [6, 6.07) is 0. The minimum atomic E-state index is -0.643. The molecule has 13 heavy (non-hydrogen) atoms. The topological polar surface area (TPSA) is 100 Å². The Labute approximate surface area is 96.3 Å². The fraction of sp³-hybridized carbons (Fsp3) is 0.875. The van der Waals surface area contributed by atoms with Gasteiger partial charge in [0, 0.05) is 0 Å². The number of hydrogen-bond donors (Lipinski definition) is 1. The van der Waals surface area contributed by atoms with Crippen molar-refractivity contribution in [2.45, 2.75) is 39.5 Å². The zero-order chi connectivity index (χ0) is 7.98.